The SMILES string of the molecule is COCCN1C(=S)N[C@@H](c2ccccn2)[C@H]1c1sccc1C. The van der Waals surface area contributed by atoms with Crippen molar-refractivity contribution in [3.05, 3.63) is 52.0 Å². The van der Waals surface area contributed by atoms with Crippen molar-refractivity contribution in [2.24, 2.45) is 0 Å². The third kappa shape index (κ3) is 2.86. The van der Waals surface area contributed by atoms with Gasteiger partial charge in [0.1, 0.15) is 0 Å². The van der Waals surface area contributed by atoms with Crippen molar-refractivity contribution in [1.29, 1.82) is 0 Å². The van der Waals surface area contributed by atoms with Crippen molar-refractivity contribution in [3.8, 4) is 0 Å². The second kappa shape index (κ2) is 6.73. The van der Waals surface area contributed by atoms with Gasteiger partial charge < -0.3 is 15.0 Å². The van der Waals surface area contributed by atoms with E-state index < -0.39 is 0 Å². The molecule has 0 amide bonds. The zero-order valence-corrected chi connectivity index (χ0v) is 14.3. The van der Waals surface area contributed by atoms with Crippen LogP contribution in [-0.2, 0) is 4.74 Å². The average molecular weight is 333 g/mol. The number of aryl methyl sites for hydroxylation is 1. The van der Waals surface area contributed by atoms with E-state index in [0.717, 1.165) is 17.4 Å². The highest BCUT2D eigenvalue weighted by Gasteiger charge is 2.40. The third-order valence-electron chi connectivity index (χ3n) is 3.90. The van der Waals surface area contributed by atoms with Gasteiger partial charge in [-0.1, -0.05) is 6.07 Å². The minimum absolute atomic E-state index is 0.0721. The van der Waals surface area contributed by atoms with Crippen LogP contribution >= 0.6 is 23.6 Å². The summed E-state index contributed by atoms with van der Waals surface area (Å²) in [7, 11) is 1.72. The minimum atomic E-state index is 0.0721. The number of methoxy groups -OCH3 is 1. The van der Waals surface area contributed by atoms with Crippen LogP contribution in [0.1, 0.15) is 28.2 Å². The van der Waals surface area contributed by atoms with E-state index in [9.17, 15) is 0 Å². The first-order valence-electron chi connectivity index (χ1n) is 7.23. The number of nitrogens with zero attached hydrogens (tertiary/aromatic N) is 2. The highest BCUT2D eigenvalue weighted by Crippen LogP contribution is 2.41. The van der Waals surface area contributed by atoms with Gasteiger partial charge in [0.2, 0.25) is 0 Å². The first-order chi connectivity index (χ1) is 10.7. The summed E-state index contributed by atoms with van der Waals surface area (Å²) in [6, 6.07) is 8.40. The van der Waals surface area contributed by atoms with Crippen molar-refractivity contribution in [3.63, 3.8) is 0 Å². The molecule has 6 heteroatoms. The molecule has 2 atom stereocenters. The Morgan fingerprint density at radius 2 is 2.27 bits per heavy atom. The van der Waals surface area contributed by atoms with Crippen LogP contribution in [0.4, 0.5) is 0 Å². The molecule has 1 saturated heterocycles. The van der Waals surface area contributed by atoms with E-state index in [4.69, 9.17) is 17.0 Å². The Labute approximate surface area is 140 Å². The summed E-state index contributed by atoms with van der Waals surface area (Å²) in [5.41, 5.74) is 2.31. The van der Waals surface area contributed by atoms with Crippen molar-refractivity contribution in [1.82, 2.24) is 15.2 Å². The van der Waals surface area contributed by atoms with Gasteiger partial charge in [0, 0.05) is 24.7 Å². The molecule has 2 aromatic rings. The number of ether oxygens (including phenoxy) is 1. The average Bonchev–Trinajstić information content (AvgIpc) is 3.09. The van der Waals surface area contributed by atoms with Crippen LogP contribution in [0.3, 0.4) is 0 Å². The first-order valence-corrected chi connectivity index (χ1v) is 8.52. The fourth-order valence-electron chi connectivity index (χ4n) is 2.81. The molecule has 22 heavy (non-hydrogen) atoms. The van der Waals surface area contributed by atoms with E-state index in [1.165, 1.54) is 10.4 Å². The van der Waals surface area contributed by atoms with E-state index in [0.29, 0.717) is 6.61 Å². The summed E-state index contributed by atoms with van der Waals surface area (Å²) >= 11 is 7.34. The number of nitrogens with one attached hydrogen (secondary N) is 1. The molecule has 0 aliphatic carbocycles. The van der Waals surface area contributed by atoms with E-state index >= 15 is 0 Å². The van der Waals surface area contributed by atoms with Gasteiger partial charge in [-0.2, -0.15) is 0 Å². The summed E-state index contributed by atoms with van der Waals surface area (Å²) in [5, 5.41) is 6.34. The molecule has 0 bridgehead atoms. The third-order valence-corrected chi connectivity index (χ3v) is 5.35. The van der Waals surface area contributed by atoms with E-state index in [1.807, 2.05) is 18.3 Å². The van der Waals surface area contributed by atoms with Crippen LogP contribution in [0.15, 0.2) is 35.8 Å². The van der Waals surface area contributed by atoms with Crippen LogP contribution < -0.4 is 5.32 Å². The van der Waals surface area contributed by atoms with E-state index in [-0.39, 0.29) is 12.1 Å². The fourth-order valence-corrected chi connectivity index (χ4v) is 4.21. The maximum Gasteiger partial charge on any atom is 0.170 e. The molecule has 1 fully saturated rings. The first kappa shape index (κ1) is 15.4. The van der Waals surface area contributed by atoms with Gasteiger partial charge >= 0.3 is 0 Å². The summed E-state index contributed by atoms with van der Waals surface area (Å²) in [6.45, 7) is 3.57. The maximum absolute atomic E-state index is 5.56. The van der Waals surface area contributed by atoms with Crippen LogP contribution in [0, 0.1) is 6.92 Å². The molecular weight excluding hydrogens is 314 g/mol. The van der Waals surface area contributed by atoms with Gasteiger partial charge in [-0.3, -0.25) is 4.98 Å². The molecule has 1 N–H and O–H groups in total. The van der Waals surface area contributed by atoms with Gasteiger partial charge in [-0.15, -0.1) is 11.3 Å². The molecule has 0 saturated carbocycles. The van der Waals surface area contributed by atoms with E-state index in [2.05, 4.69) is 39.6 Å². The topological polar surface area (TPSA) is 37.4 Å². The van der Waals surface area contributed by atoms with Crippen molar-refractivity contribution >= 4 is 28.7 Å². The number of hydrogen-bond acceptors (Lipinski definition) is 4. The largest absolute Gasteiger partial charge is 0.383 e. The molecule has 116 valence electrons. The number of rotatable bonds is 5. The monoisotopic (exact) mass is 333 g/mol. The lowest BCUT2D eigenvalue weighted by atomic mass is 10.0. The molecule has 2 aromatic heterocycles. The predicted octanol–water partition coefficient (Wildman–Crippen LogP) is 3.07. The Bertz CT molecular complexity index is 644. The van der Waals surface area contributed by atoms with Gasteiger partial charge in [-0.25, -0.2) is 0 Å². The van der Waals surface area contributed by atoms with Crippen LogP contribution in [-0.4, -0.2) is 35.3 Å². The highest BCUT2D eigenvalue weighted by atomic mass is 32.1. The van der Waals surface area contributed by atoms with Gasteiger partial charge in [0.05, 0.1) is 24.4 Å². The van der Waals surface area contributed by atoms with Gasteiger partial charge in [-0.05, 0) is 48.3 Å². The van der Waals surface area contributed by atoms with Crippen LogP contribution in [0.25, 0.3) is 0 Å². The lowest BCUT2D eigenvalue weighted by molar-refractivity contribution is 0.164. The molecule has 3 heterocycles. The second-order valence-corrected chi connectivity index (χ2v) is 6.62. The minimum Gasteiger partial charge on any atom is -0.383 e. The molecule has 3 rings (SSSR count). The normalized spacial score (nSPS) is 21.2. The van der Waals surface area contributed by atoms with Gasteiger partial charge in [0.15, 0.2) is 5.11 Å². The summed E-state index contributed by atoms with van der Waals surface area (Å²) in [4.78, 5) is 8.08. The predicted molar refractivity (Wildman–Crippen MR) is 93.1 cm³/mol. The molecule has 1 aliphatic heterocycles. The van der Waals surface area contributed by atoms with E-state index in [1.54, 1.807) is 18.4 Å². The summed E-state index contributed by atoms with van der Waals surface area (Å²) < 4.78 is 5.25. The Hall–Kier alpha value is -1.50. The van der Waals surface area contributed by atoms with Crippen molar-refractivity contribution in [2.45, 2.75) is 19.0 Å². The quantitative estimate of drug-likeness (QED) is 0.851. The Balaban J connectivity index is 1.99. The Morgan fingerprint density at radius 1 is 1.41 bits per heavy atom. The maximum atomic E-state index is 5.56. The lowest BCUT2D eigenvalue weighted by Gasteiger charge is -2.27. The number of hydrogen-bond donors (Lipinski definition) is 1. The fraction of sp³-hybridized carbons (Fsp3) is 0.375. The second-order valence-electron chi connectivity index (χ2n) is 5.28. The smallest absolute Gasteiger partial charge is 0.170 e. The number of aromatic nitrogens is 1. The van der Waals surface area contributed by atoms with Crippen molar-refractivity contribution in [2.75, 3.05) is 20.3 Å². The van der Waals surface area contributed by atoms with Crippen LogP contribution in [0.2, 0.25) is 0 Å². The molecule has 0 aromatic carbocycles. The standard InChI is InChI=1S/C16H19N3OS2/c1-11-6-10-22-15(11)14-13(12-5-3-4-7-17-12)18-16(21)19(14)8-9-20-2/h3-7,10,13-14H,8-9H2,1-2H3,(H,18,21)/t13-,14-/m0/s1. The molecule has 0 radical (unpaired) electrons. The zero-order chi connectivity index (χ0) is 15.5. The zero-order valence-electron chi connectivity index (χ0n) is 12.7. The Kier molecular flexibility index (Phi) is 4.71. The Morgan fingerprint density at radius 3 is 2.91 bits per heavy atom. The van der Waals surface area contributed by atoms with Crippen molar-refractivity contribution < 1.29 is 4.74 Å². The molecular formula is C16H19N3OS2. The number of pyridine rings is 1. The molecule has 0 unspecified atom stereocenters. The molecule has 0 spiro atoms. The number of thiocarbonyl (C=S) groups is 1. The van der Waals surface area contributed by atoms with Crippen LogP contribution in [0.5, 0.6) is 0 Å². The number of thiophene rings is 1. The highest BCUT2D eigenvalue weighted by molar-refractivity contribution is 7.80. The molecule has 4 nitrogen and oxygen atoms in total. The molecule has 1 aliphatic rings. The van der Waals surface area contributed by atoms with Gasteiger partial charge in [0.25, 0.3) is 0 Å². The lowest BCUT2D eigenvalue weighted by Crippen LogP contribution is -2.32. The summed E-state index contributed by atoms with van der Waals surface area (Å²) in [6.07, 6.45) is 1.83. The summed E-state index contributed by atoms with van der Waals surface area (Å²) in [5.74, 6) is 0.